The second-order valence-corrected chi connectivity index (χ2v) is 7.20. The number of esters is 1. The molecule has 0 bridgehead atoms. The van der Waals surface area contributed by atoms with Gasteiger partial charge >= 0.3 is 5.97 Å². The van der Waals surface area contributed by atoms with E-state index >= 15 is 0 Å². The van der Waals surface area contributed by atoms with Gasteiger partial charge in [0.05, 0.1) is 12.7 Å². The molecule has 0 atom stereocenters. The summed E-state index contributed by atoms with van der Waals surface area (Å²) in [5, 5.41) is 6.39. The van der Waals surface area contributed by atoms with E-state index in [9.17, 15) is 14.4 Å². The second-order valence-electron chi connectivity index (χ2n) is 5.54. The first-order valence-corrected chi connectivity index (χ1v) is 9.04. The summed E-state index contributed by atoms with van der Waals surface area (Å²) in [6.45, 7) is 3.85. The molecule has 8 heteroatoms. The molecule has 0 aliphatic heterocycles. The van der Waals surface area contributed by atoms with Gasteiger partial charge in [0, 0.05) is 28.4 Å². The van der Waals surface area contributed by atoms with Gasteiger partial charge in [0.15, 0.2) is 0 Å². The Hall–Kier alpha value is -2.38. The van der Waals surface area contributed by atoms with E-state index in [0.29, 0.717) is 21.2 Å². The maximum Gasteiger partial charge on any atom is 0.341 e. The SMILES string of the molecule is COC(=O)c1c(NC(=O)CCNC(=O)c2ccc(Cl)cc2)sc(C)c1C. The van der Waals surface area contributed by atoms with Gasteiger partial charge in [-0.25, -0.2) is 4.79 Å². The Morgan fingerprint density at radius 2 is 1.81 bits per heavy atom. The zero-order chi connectivity index (χ0) is 19.3. The fraction of sp³-hybridized carbons (Fsp3) is 0.278. The molecule has 1 heterocycles. The third-order valence-corrected chi connectivity index (χ3v) is 5.15. The summed E-state index contributed by atoms with van der Waals surface area (Å²) in [6.07, 6.45) is 0.0793. The van der Waals surface area contributed by atoms with Crippen LogP contribution in [-0.4, -0.2) is 31.4 Å². The van der Waals surface area contributed by atoms with Crippen molar-refractivity contribution in [1.82, 2.24) is 5.32 Å². The van der Waals surface area contributed by atoms with Crippen LogP contribution in [0, 0.1) is 13.8 Å². The summed E-state index contributed by atoms with van der Waals surface area (Å²) in [5.74, 6) is -1.07. The number of hydrogen-bond acceptors (Lipinski definition) is 5. The topological polar surface area (TPSA) is 84.5 Å². The first-order valence-electron chi connectivity index (χ1n) is 7.85. The average molecular weight is 395 g/mol. The number of rotatable bonds is 6. The Kier molecular flexibility index (Phi) is 6.76. The lowest BCUT2D eigenvalue weighted by Gasteiger charge is -2.07. The van der Waals surface area contributed by atoms with Crippen LogP contribution in [0.25, 0.3) is 0 Å². The van der Waals surface area contributed by atoms with Crippen LogP contribution in [0.1, 0.15) is 37.6 Å². The quantitative estimate of drug-likeness (QED) is 0.733. The van der Waals surface area contributed by atoms with E-state index in [2.05, 4.69) is 10.6 Å². The molecule has 2 aromatic rings. The molecule has 2 amide bonds. The number of nitrogens with one attached hydrogen (secondary N) is 2. The first-order chi connectivity index (χ1) is 12.3. The molecule has 0 saturated carbocycles. The predicted molar refractivity (Wildman–Crippen MR) is 102 cm³/mol. The van der Waals surface area contributed by atoms with Crippen molar-refractivity contribution in [2.45, 2.75) is 20.3 Å². The third kappa shape index (κ3) is 4.83. The molecule has 26 heavy (non-hydrogen) atoms. The molecule has 138 valence electrons. The Bertz CT molecular complexity index is 830. The second kappa shape index (κ2) is 8.82. The average Bonchev–Trinajstić information content (AvgIpc) is 2.88. The fourth-order valence-electron chi connectivity index (χ4n) is 2.24. The Balaban J connectivity index is 1.91. The summed E-state index contributed by atoms with van der Waals surface area (Å²) in [6, 6.07) is 6.47. The molecule has 2 N–H and O–H groups in total. The lowest BCUT2D eigenvalue weighted by molar-refractivity contribution is -0.116. The smallest absolute Gasteiger partial charge is 0.341 e. The van der Waals surface area contributed by atoms with Crippen LogP contribution in [0.3, 0.4) is 0 Å². The highest BCUT2D eigenvalue weighted by Gasteiger charge is 2.21. The molecular formula is C18H19ClN2O4S. The summed E-state index contributed by atoms with van der Waals surface area (Å²) < 4.78 is 4.77. The number of thiophene rings is 1. The van der Waals surface area contributed by atoms with E-state index in [1.807, 2.05) is 6.92 Å². The van der Waals surface area contributed by atoms with Gasteiger partial charge < -0.3 is 15.4 Å². The van der Waals surface area contributed by atoms with Crippen LogP contribution in [0.4, 0.5) is 5.00 Å². The van der Waals surface area contributed by atoms with Gasteiger partial charge in [-0.05, 0) is 43.7 Å². The molecule has 2 rings (SSSR count). The van der Waals surface area contributed by atoms with E-state index in [1.54, 1.807) is 31.2 Å². The monoisotopic (exact) mass is 394 g/mol. The largest absolute Gasteiger partial charge is 0.465 e. The molecule has 0 saturated heterocycles. The van der Waals surface area contributed by atoms with E-state index in [1.165, 1.54) is 18.4 Å². The molecule has 6 nitrogen and oxygen atoms in total. The number of amides is 2. The standard InChI is InChI=1S/C18H19ClN2O4S/c1-10-11(2)26-17(15(10)18(24)25-3)21-14(22)8-9-20-16(23)12-4-6-13(19)7-5-12/h4-7H,8-9H2,1-3H3,(H,20,23)(H,21,22). The van der Waals surface area contributed by atoms with Crippen LogP contribution < -0.4 is 10.6 Å². The Labute approximate surface area is 160 Å². The van der Waals surface area contributed by atoms with E-state index in [-0.39, 0.29) is 24.8 Å². The van der Waals surface area contributed by atoms with Crippen LogP contribution in [-0.2, 0) is 9.53 Å². The van der Waals surface area contributed by atoms with Gasteiger partial charge in [-0.3, -0.25) is 9.59 Å². The van der Waals surface area contributed by atoms with Gasteiger partial charge in [0.25, 0.3) is 5.91 Å². The van der Waals surface area contributed by atoms with Gasteiger partial charge in [-0.1, -0.05) is 11.6 Å². The zero-order valence-electron chi connectivity index (χ0n) is 14.6. The minimum atomic E-state index is -0.488. The number of halogens is 1. The molecule has 0 radical (unpaired) electrons. The summed E-state index contributed by atoms with van der Waals surface area (Å²) >= 11 is 7.10. The Morgan fingerprint density at radius 1 is 1.15 bits per heavy atom. The van der Waals surface area contributed by atoms with Crippen molar-refractivity contribution in [2.75, 3.05) is 19.0 Å². The van der Waals surface area contributed by atoms with Crippen LogP contribution in [0.15, 0.2) is 24.3 Å². The van der Waals surface area contributed by atoms with Crippen molar-refractivity contribution in [2.24, 2.45) is 0 Å². The maximum atomic E-state index is 12.1. The molecule has 1 aromatic carbocycles. The normalized spacial score (nSPS) is 10.3. The zero-order valence-corrected chi connectivity index (χ0v) is 16.2. The maximum absolute atomic E-state index is 12.1. The molecular weight excluding hydrogens is 376 g/mol. The number of ether oxygens (including phenoxy) is 1. The minimum Gasteiger partial charge on any atom is -0.465 e. The number of anilines is 1. The van der Waals surface area contributed by atoms with E-state index in [0.717, 1.165) is 10.4 Å². The molecule has 0 aliphatic carbocycles. The van der Waals surface area contributed by atoms with E-state index in [4.69, 9.17) is 16.3 Å². The molecule has 1 aromatic heterocycles. The van der Waals surface area contributed by atoms with Crippen LogP contribution in [0.2, 0.25) is 5.02 Å². The first kappa shape index (κ1) is 19.9. The predicted octanol–water partition coefficient (Wildman–Crippen LogP) is 3.56. The van der Waals surface area contributed by atoms with Crippen molar-refractivity contribution in [3.05, 3.63) is 50.9 Å². The van der Waals surface area contributed by atoms with Crippen LogP contribution >= 0.6 is 22.9 Å². The van der Waals surface area contributed by atoms with Gasteiger partial charge in [-0.15, -0.1) is 11.3 Å². The van der Waals surface area contributed by atoms with Crippen molar-refractivity contribution in [3.8, 4) is 0 Å². The van der Waals surface area contributed by atoms with Gasteiger partial charge in [-0.2, -0.15) is 0 Å². The number of hydrogen-bond donors (Lipinski definition) is 2. The van der Waals surface area contributed by atoms with E-state index < -0.39 is 5.97 Å². The van der Waals surface area contributed by atoms with Crippen molar-refractivity contribution in [1.29, 1.82) is 0 Å². The number of benzene rings is 1. The highest BCUT2D eigenvalue weighted by Crippen LogP contribution is 2.32. The van der Waals surface area contributed by atoms with Gasteiger partial charge in [0.2, 0.25) is 5.91 Å². The lowest BCUT2D eigenvalue weighted by Crippen LogP contribution is -2.27. The van der Waals surface area contributed by atoms with Crippen molar-refractivity contribution >= 4 is 45.7 Å². The lowest BCUT2D eigenvalue weighted by atomic mass is 10.1. The number of carbonyl (C=O) groups is 3. The third-order valence-electron chi connectivity index (χ3n) is 3.77. The number of carbonyl (C=O) groups excluding carboxylic acids is 3. The number of methoxy groups -OCH3 is 1. The highest BCUT2D eigenvalue weighted by molar-refractivity contribution is 7.16. The van der Waals surface area contributed by atoms with Crippen molar-refractivity contribution in [3.63, 3.8) is 0 Å². The molecule has 0 aliphatic rings. The number of aryl methyl sites for hydroxylation is 1. The summed E-state index contributed by atoms with van der Waals surface area (Å²) in [7, 11) is 1.30. The van der Waals surface area contributed by atoms with Crippen molar-refractivity contribution < 1.29 is 19.1 Å². The molecule has 0 spiro atoms. The molecule has 0 unspecified atom stereocenters. The van der Waals surface area contributed by atoms with Crippen LogP contribution in [0.5, 0.6) is 0 Å². The summed E-state index contributed by atoms with van der Waals surface area (Å²) in [4.78, 5) is 36.9. The Morgan fingerprint density at radius 3 is 2.42 bits per heavy atom. The summed E-state index contributed by atoms with van der Waals surface area (Å²) in [5.41, 5.74) is 1.62. The minimum absolute atomic E-state index is 0.0793. The highest BCUT2D eigenvalue weighted by atomic mass is 35.5. The van der Waals surface area contributed by atoms with Gasteiger partial charge in [0.1, 0.15) is 5.00 Å². The molecule has 0 fully saturated rings. The fourth-order valence-corrected chi connectivity index (χ4v) is 3.44.